The Labute approximate surface area is 123 Å². The van der Waals surface area contributed by atoms with Crippen LogP contribution in [0, 0.1) is 34.5 Å². The van der Waals surface area contributed by atoms with Gasteiger partial charge in [-0.15, -0.1) is 0 Å². The van der Waals surface area contributed by atoms with Crippen LogP contribution in [0.4, 0.5) is 5.95 Å². The molecule has 110 valence electrons. The standard InChI is InChI=1S/C14H18N6O/c1-9-3-10(2)8-20(7-9)13(21)6-17-14-18-11(4-15)12(5-16)19-14/h9-10H,3,6-8H2,1-2H3,(H2,17,18,19). The summed E-state index contributed by atoms with van der Waals surface area (Å²) in [6.45, 7) is 5.94. The molecule has 2 atom stereocenters. The number of H-pyrrole nitrogens is 1. The van der Waals surface area contributed by atoms with E-state index in [1.165, 1.54) is 0 Å². The molecular formula is C14H18N6O. The highest BCUT2D eigenvalue weighted by Crippen LogP contribution is 2.20. The summed E-state index contributed by atoms with van der Waals surface area (Å²) in [6, 6.07) is 3.68. The summed E-state index contributed by atoms with van der Waals surface area (Å²) in [5.41, 5.74) is 0.139. The normalized spacial score (nSPS) is 21.4. The molecule has 1 saturated heterocycles. The maximum absolute atomic E-state index is 12.2. The summed E-state index contributed by atoms with van der Waals surface area (Å²) in [4.78, 5) is 20.6. The monoisotopic (exact) mass is 286 g/mol. The summed E-state index contributed by atoms with van der Waals surface area (Å²) in [7, 11) is 0. The largest absolute Gasteiger partial charge is 0.347 e. The molecule has 0 spiro atoms. The summed E-state index contributed by atoms with van der Waals surface area (Å²) in [5.74, 6) is 1.30. The molecule has 2 heterocycles. The summed E-state index contributed by atoms with van der Waals surface area (Å²) in [6.07, 6.45) is 1.15. The minimum absolute atomic E-state index is 0.00168. The predicted molar refractivity (Wildman–Crippen MR) is 76.0 cm³/mol. The fourth-order valence-corrected chi connectivity index (χ4v) is 2.76. The number of anilines is 1. The number of hydrogen-bond donors (Lipinski definition) is 2. The van der Waals surface area contributed by atoms with Gasteiger partial charge >= 0.3 is 0 Å². The first-order valence-corrected chi connectivity index (χ1v) is 6.95. The molecule has 0 radical (unpaired) electrons. The van der Waals surface area contributed by atoms with E-state index < -0.39 is 0 Å². The van der Waals surface area contributed by atoms with Gasteiger partial charge in [0.05, 0.1) is 6.54 Å². The number of aromatic amines is 1. The zero-order valence-electron chi connectivity index (χ0n) is 12.2. The Kier molecular flexibility index (Phi) is 4.44. The van der Waals surface area contributed by atoms with Crippen LogP contribution in [0.25, 0.3) is 0 Å². The quantitative estimate of drug-likeness (QED) is 0.864. The maximum atomic E-state index is 12.2. The summed E-state index contributed by atoms with van der Waals surface area (Å²) in [5, 5.41) is 20.5. The number of carbonyl (C=O) groups excluding carboxylic acids is 1. The van der Waals surface area contributed by atoms with Crippen LogP contribution in [0.3, 0.4) is 0 Å². The molecule has 2 unspecified atom stereocenters. The highest BCUT2D eigenvalue weighted by atomic mass is 16.2. The van der Waals surface area contributed by atoms with Gasteiger partial charge < -0.3 is 15.2 Å². The number of hydrogen-bond acceptors (Lipinski definition) is 5. The molecule has 21 heavy (non-hydrogen) atoms. The van der Waals surface area contributed by atoms with Crippen molar-refractivity contribution in [3.63, 3.8) is 0 Å². The molecule has 1 fully saturated rings. The number of nitrogens with one attached hydrogen (secondary N) is 2. The van der Waals surface area contributed by atoms with Crippen molar-refractivity contribution in [2.45, 2.75) is 20.3 Å². The van der Waals surface area contributed by atoms with Crippen molar-refractivity contribution in [2.75, 3.05) is 25.0 Å². The van der Waals surface area contributed by atoms with Crippen molar-refractivity contribution >= 4 is 11.9 Å². The number of nitriles is 2. The van der Waals surface area contributed by atoms with Crippen LogP contribution in [-0.4, -0.2) is 40.4 Å². The van der Waals surface area contributed by atoms with Crippen molar-refractivity contribution < 1.29 is 4.79 Å². The van der Waals surface area contributed by atoms with E-state index in [0.717, 1.165) is 19.5 Å². The average molecular weight is 286 g/mol. The van der Waals surface area contributed by atoms with E-state index in [2.05, 4.69) is 29.1 Å². The molecule has 2 rings (SSSR count). The molecule has 0 aromatic carbocycles. The zero-order valence-corrected chi connectivity index (χ0v) is 12.2. The number of nitrogens with zero attached hydrogens (tertiary/aromatic N) is 4. The molecule has 7 heteroatoms. The highest BCUT2D eigenvalue weighted by molar-refractivity contribution is 5.80. The first-order chi connectivity index (χ1) is 10.0. The third-order valence-corrected chi connectivity index (χ3v) is 3.55. The van der Waals surface area contributed by atoms with Crippen molar-refractivity contribution in [1.29, 1.82) is 10.5 Å². The minimum atomic E-state index is 0.00168. The average Bonchev–Trinajstić information content (AvgIpc) is 2.86. The van der Waals surface area contributed by atoms with Crippen molar-refractivity contribution in [1.82, 2.24) is 14.9 Å². The second kappa shape index (κ2) is 6.27. The lowest BCUT2D eigenvalue weighted by atomic mass is 9.92. The molecule has 0 saturated carbocycles. The molecular weight excluding hydrogens is 268 g/mol. The van der Waals surface area contributed by atoms with Crippen LogP contribution in [0.5, 0.6) is 0 Å². The van der Waals surface area contributed by atoms with Gasteiger partial charge in [-0.3, -0.25) is 4.79 Å². The van der Waals surface area contributed by atoms with Crippen molar-refractivity contribution in [3.8, 4) is 12.1 Å². The number of piperidine rings is 1. The van der Waals surface area contributed by atoms with E-state index in [1.54, 1.807) is 0 Å². The summed E-state index contributed by atoms with van der Waals surface area (Å²) < 4.78 is 0. The molecule has 0 bridgehead atoms. The Bertz CT molecular complexity index is 566. The van der Waals surface area contributed by atoms with Crippen LogP contribution in [0.15, 0.2) is 0 Å². The molecule has 1 aromatic rings. The fraction of sp³-hybridized carbons (Fsp3) is 0.571. The zero-order chi connectivity index (χ0) is 15.4. The van der Waals surface area contributed by atoms with Gasteiger partial charge in [-0.05, 0) is 18.3 Å². The molecule has 1 aromatic heterocycles. The number of amides is 1. The molecule has 1 amide bonds. The number of carbonyl (C=O) groups is 1. The number of aromatic nitrogens is 2. The third kappa shape index (κ3) is 3.51. The lowest BCUT2D eigenvalue weighted by Gasteiger charge is -2.35. The highest BCUT2D eigenvalue weighted by Gasteiger charge is 2.25. The lowest BCUT2D eigenvalue weighted by molar-refractivity contribution is -0.131. The van der Waals surface area contributed by atoms with Crippen LogP contribution < -0.4 is 5.32 Å². The Morgan fingerprint density at radius 3 is 2.57 bits per heavy atom. The molecule has 1 aliphatic rings. The first-order valence-electron chi connectivity index (χ1n) is 6.95. The Morgan fingerprint density at radius 1 is 1.38 bits per heavy atom. The van der Waals surface area contributed by atoms with Crippen LogP contribution in [0.2, 0.25) is 0 Å². The number of rotatable bonds is 3. The number of likely N-dealkylation sites (tertiary alicyclic amines) is 1. The van der Waals surface area contributed by atoms with Gasteiger partial charge in [0.1, 0.15) is 12.1 Å². The van der Waals surface area contributed by atoms with Gasteiger partial charge in [0.15, 0.2) is 11.4 Å². The second-order valence-electron chi connectivity index (χ2n) is 5.63. The van der Waals surface area contributed by atoms with Crippen LogP contribution in [0.1, 0.15) is 31.7 Å². The molecule has 0 aliphatic carbocycles. The van der Waals surface area contributed by atoms with Gasteiger partial charge in [-0.25, -0.2) is 4.98 Å². The van der Waals surface area contributed by atoms with Gasteiger partial charge in [-0.1, -0.05) is 13.8 Å². The van der Waals surface area contributed by atoms with E-state index in [9.17, 15) is 4.79 Å². The SMILES string of the molecule is CC1CC(C)CN(C(=O)CNc2nc(C#N)c(C#N)[nH]2)C1. The maximum Gasteiger partial charge on any atom is 0.241 e. The predicted octanol–water partition coefficient (Wildman–Crippen LogP) is 1.07. The van der Waals surface area contributed by atoms with Crippen molar-refractivity contribution in [2.24, 2.45) is 11.8 Å². The smallest absolute Gasteiger partial charge is 0.241 e. The molecule has 2 N–H and O–H groups in total. The van der Waals surface area contributed by atoms with Crippen LogP contribution in [-0.2, 0) is 4.79 Å². The third-order valence-electron chi connectivity index (χ3n) is 3.55. The van der Waals surface area contributed by atoms with E-state index >= 15 is 0 Å². The van der Waals surface area contributed by atoms with Gasteiger partial charge in [-0.2, -0.15) is 10.5 Å². The van der Waals surface area contributed by atoms with Crippen molar-refractivity contribution in [3.05, 3.63) is 11.4 Å². The van der Waals surface area contributed by atoms with E-state index in [0.29, 0.717) is 11.8 Å². The van der Waals surface area contributed by atoms with E-state index in [-0.39, 0.29) is 29.8 Å². The fourth-order valence-electron chi connectivity index (χ4n) is 2.76. The van der Waals surface area contributed by atoms with E-state index in [1.807, 2.05) is 17.0 Å². The van der Waals surface area contributed by atoms with E-state index in [4.69, 9.17) is 10.5 Å². The number of imidazole rings is 1. The Morgan fingerprint density at radius 2 is 2.05 bits per heavy atom. The van der Waals surface area contributed by atoms with Crippen LogP contribution >= 0.6 is 0 Å². The topological polar surface area (TPSA) is 109 Å². The first kappa shape index (κ1) is 14.9. The molecule has 1 aliphatic heterocycles. The molecule has 7 nitrogen and oxygen atoms in total. The summed E-state index contributed by atoms with van der Waals surface area (Å²) >= 11 is 0. The Balaban J connectivity index is 1.94. The minimum Gasteiger partial charge on any atom is -0.347 e. The Hall–Kier alpha value is -2.54. The lowest BCUT2D eigenvalue weighted by Crippen LogP contribution is -2.44. The van der Waals surface area contributed by atoms with Gasteiger partial charge in [0.2, 0.25) is 11.9 Å². The van der Waals surface area contributed by atoms with Gasteiger partial charge in [0.25, 0.3) is 0 Å². The van der Waals surface area contributed by atoms with Gasteiger partial charge in [0, 0.05) is 13.1 Å². The second-order valence-corrected chi connectivity index (χ2v) is 5.63.